The summed E-state index contributed by atoms with van der Waals surface area (Å²) < 4.78 is 0. The van der Waals surface area contributed by atoms with Gasteiger partial charge in [0.25, 0.3) is 0 Å². The first-order chi connectivity index (χ1) is 9.13. The third kappa shape index (κ3) is 3.17. The molecule has 0 radical (unpaired) electrons. The summed E-state index contributed by atoms with van der Waals surface area (Å²) >= 11 is 0. The maximum Gasteiger partial charge on any atom is 0.0672 e. The van der Waals surface area contributed by atoms with E-state index in [1.165, 1.54) is 0 Å². The maximum absolute atomic E-state index is 6.07. The molecule has 0 saturated carbocycles. The second-order valence-electron chi connectivity index (χ2n) is 4.93. The van der Waals surface area contributed by atoms with Crippen molar-refractivity contribution < 1.29 is 0 Å². The highest BCUT2D eigenvalue weighted by atomic mass is 15.1. The number of nitrogens with one attached hydrogen (secondary N) is 2. The van der Waals surface area contributed by atoms with E-state index in [4.69, 9.17) is 5.73 Å². The lowest BCUT2D eigenvalue weighted by molar-refractivity contribution is 0.295. The fourth-order valence-corrected chi connectivity index (χ4v) is 2.31. The van der Waals surface area contributed by atoms with Gasteiger partial charge in [-0.1, -0.05) is 13.8 Å². The summed E-state index contributed by atoms with van der Waals surface area (Å²) in [4.78, 5) is 2.39. The third-order valence-corrected chi connectivity index (χ3v) is 3.44. The highest BCUT2D eigenvalue weighted by Crippen LogP contribution is 2.25. The lowest BCUT2D eigenvalue weighted by Gasteiger charge is -2.24. The molecular formula is C14H23N5. The van der Waals surface area contributed by atoms with Crippen molar-refractivity contribution in [2.24, 2.45) is 0 Å². The maximum atomic E-state index is 6.07. The van der Waals surface area contributed by atoms with Gasteiger partial charge in [0.1, 0.15) is 0 Å². The van der Waals surface area contributed by atoms with Crippen LogP contribution in [0.5, 0.6) is 0 Å². The molecule has 5 heteroatoms. The third-order valence-electron chi connectivity index (χ3n) is 3.44. The largest absolute Gasteiger partial charge is 0.397 e. The molecular weight excluding hydrogens is 238 g/mol. The zero-order valence-corrected chi connectivity index (χ0v) is 11.9. The Balaban J connectivity index is 2.09. The molecule has 4 N–H and O–H groups in total. The monoisotopic (exact) mass is 261 g/mol. The van der Waals surface area contributed by atoms with Crippen LogP contribution in [0.4, 0.5) is 11.4 Å². The molecule has 0 bridgehead atoms. The van der Waals surface area contributed by atoms with Gasteiger partial charge in [0, 0.05) is 18.0 Å². The molecule has 0 aliphatic carbocycles. The molecule has 1 aromatic carbocycles. The number of H-pyrrole nitrogens is 1. The van der Waals surface area contributed by atoms with Crippen LogP contribution in [0.25, 0.3) is 10.9 Å². The first-order valence-corrected chi connectivity index (χ1v) is 6.85. The van der Waals surface area contributed by atoms with Crippen LogP contribution >= 0.6 is 0 Å². The number of nitrogens with zero attached hydrogens (tertiary/aromatic N) is 2. The van der Waals surface area contributed by atoms with E-state index < -0.39 is 0 Å². The van der Waals surface area contributed by atoms with Gasteiger partial charge in [-0.05, 0) is 32.1 Å². The molecule has 0 amide bonds. The molecule has 5 nitrogen and oxygen atoms in total. The van der Waals surface area contributed by atoms with E-state index in [9.17, 15) is 0 Å². The summed E-state index contributed by atoms with van der Waals surface area (Å²) in [5, 5.41) is 11.5. The van der Waals surface area contributed by atoms with E-state index in [1.54, 1.807) is 6.20 Å². The van der Waals surface area contributed by atoms with Gasteiger partial charge < -0.3 is 16.0 Å². The van der Waals surface area contributed by atoms with Gasteiger partial charge in [-0.2, -0.15) is 5.10 Å². The number of likely N-dealkylation sites (N-methyl/N-ethyl adjacent to an activating group) is 1. The second-order valence-corrected chi connectivity index (χ2v) is 4.93. The standard InChI is InChI=1S/C14H23N5/c1-4-19(5-2)9-10(3)17-14-7-13-11(6-12(14)15)8-16-18-13/h6-8,10,17H,4-5,9,15H2,1-3H3,(H,16,18). The van der Waals surface area contributed by atoms with Crippen LogP contribution in [-0.4, -0.2) is 40.8 Å². The van der Waals surface area contributed by atoms with Crippen molar-refractivity contribution in [1.29, 1.82) is 0 Å². The molecule has 1 aromatic heterocycles. The van der Waals surface area contributed by atoms with Crippen molar-refractivity contribution >= 4 is 22.3 Å². The molecule has 19 heavy (non-hydrogen) atoms. The Morgan fingerprint density at radius 1 is 1.37 bits per heavy atom. The van der Waals surface area contributed by atoms with E-state index >= 15 is 0 Å². The minimum Gasteiger partial charge on any atom is -0.397 e. The summed E-state index contributed by atoms with van der Waals surface area (Å²) in [5.41, 5.74) is 8.81. The number of aromatic amines is 1. The minimum absolute atomic E-state index is 0.350. The number of benzene rings is 1. The molecule has 0 spiro atoms. The molecule has 0 aliphatic rings. The Morgan fingerprint density at radius 3 is 2.79 bits per heavy atom. The SMILES string of the molecule is CCN(CC)CC(C)Nc1cc2[nH]ncc2cc1N. The van der Waals surface area contributed by atoms with E-state index in [-0.39, 0.29) is 0 Å². The lowest BCUT2D eigenvalue weighted by atomic mass is 10.2. The summed E-state index contributed by atoms with van der Waals surface area (Å²) in [7, 11) is 0. The van der Waals surface area contributed by atoms with Crippen molar-refractivity contribution in [3.05, 3.63) is 18.3 Å². The number of nitrogen functional groups attached to an aromatic ring is 1. The fraction of sp³-hybridized carbons (Fsp3) is 0.500. The van der Waals surface area contributed by atoms with E-state index in [1.807, 2.05) is 12.1 Å². The Bertz CT molecular complexity index is 530. The molecule has 2 rings (SSSR count). The predicted octanol–water partition coefficient (Wildman–Crippen LogP) is 2.29. The Kier molecular flexibility index (Phi) is 4.27. The fourth-order valence-electron chi connectivity index (χ4n) is 2.31. The predicted molar refractivity (Wildman–Crippen MR) is 81.4 cm³/mol. The number of anilines is 2. The number of rotatable bonds is 6. The number of hydrogen-bond donors (Lipinski definition) is 3. The van der Waals surface area contributed by atoms with Gasteiger partial charge in [-0.15, -0.1) is 0 Å². The molecule has 1 heterocycles. The lowest BCUT2D eigenvalue weighted by Crippen LogP contribution is -2.34. The number of hydrogen-bond acceptors (Lipinski definition) is 4. The number of aromatic nitrogens is 2. The molecule has 0 aliphatic heterocycles. The van der Waals surface area contributed by atoms with Crippen molar-refractivity contribution in [2.45, 2.75) is 26.8 Å². The quantitative estimate of drug-likeness (QED) is 0.698. The van der Waals surface area contributed by atoms with Crippen molar-refractivity contribution in [3.63, 3.8) is 0 Å². The number of fused-ring (bicyclic) bond motifs is 1. The van der Waals surface area contributed by atoms with Crippen LogP contribution in [0.1, 0.15) is 20.8 Å². The first-order valence-electron chi connectivity index (χ1n) is 6.85. The van der Waals surface area contributed by atoms with Gasteiger partial charge in [0.15, 0.2) is 0 Å². The van der Waals surface area contributed by atoms with Crippen LogP contribution in [0.3, 0.4) is 0 Å². The molecule has 0 fully saturated rings. The average molecular weight is 261 g/mol. The zero-order valence-electron chi connectivity index (χ0n) is 11.9. The van der Waals surface area contributed by atoms with Crippen LogP contribution in [-0.2, 0) is 0 Å². The minimum atomic E-state index is 0.350. The van der Waals surface area contributed by atoms with E-state index in [0.717, 1.165) is 41.9 Å². The highest BCUT2D eigenvalue weighted by Gasteiger charge is 2.10. The van der Waals surface area contributed by atoms with Crippen molar-refractivity contribution in [1.82, 2.24) is 15.1 Å². The summed E-state index contributed by atoms with van der Waals surface area (Å²) in [6, 6.07) is 4.32. The highest BCUT2D eigenvalue weighted by molar-refractivity contribution is 5.88. The van der Waals surface area contributed by atoms with Gasteiger partial charge in [0.2, 0.25) is 0 Å². The zero-order chi connectivity index (χ0) is 13.8. The van der Waals surface area contributed by atoms with Crippen LogP contribution in [0, 0.1) is 0 Å². The Hall–Kier alpha value is -1.75. The van der Waals surface area contributed by atoms with Crippen LogP contribution in [0.2, 0.25) is 0 Å². The molecule has 1 atom stereocenters. The second kappa shape index (κ2) is 5.93. The summed E-state index contributed by atoms with van der Waals surface area (Å²) in [6.45, 7) is 9.68. The molecule has 104 valence electrons. The van der Waals surface area contributed by atoms with Crippen LogP contribution in [0.15, 0.2) is 18.3 Å². The normalized spacial score (nSPS) is 13.1. The van der Waals surface area contributed by atoms with Gasteiger partial charge in [0.05, 0.1) is 23.1 Å². The first kappa shape index (κ1) is 13.7. The smallest absolute Gasteiger partial charge is 0.0672 e. The summed E-state index contributed by atoms with van der Waals surface area (Å²) in [6.07, 6.45) is 1.79. The molecule has 1 unspecified atom stereocenters. The number of nitrogens with two attached hydrogens (primary N) is 1. The molecule has 0 saturated heterocycles. The summed E-state index contributed by atoms with van der Waals surface area (Å²) in [5.74, 6) is 0. The van der Waals surface area contributed by atoms with Crippen LogP contribution < -0.4 is 11.1 Å². The van der Waals surface area contributed by atoms with Gasteiger partial charge in [-0.3, -0.25) is 5.10 Å². The van der Waals surface area contributed by atoms with E-state index in [2.05, 4.69) is 41.2 Å². The van der Waals surface area contributed by atoms with E-state index in [0.29, 0.717) is 6.04 Å². The average Bonchev–Trinajstić information content (AvgIpc) is 2.83. The van der Waals surface area contributed by atoms with Crippen molar-refractivity contribution in [2.75, 3.05) is 30.7 Å². The van der Waals surface area contributed by atoms with Gasteiger partial charge >= 0.3 is 0 Å². The Morgan fingerprint density at radius 2 is 2.11 bits per heavy atom. The topological polar surface area (TPSA) is 70.0 Å². The molecule has 2 aromatic rings. The van der Waals surface area contributed by atoms with Gasteiger partial charge in [-0.25, -0.2) is 0 Å². The Labute approximate surface area is 114 Å². The van der Waals surface area contributed by atoms with Crippen molar-refractivity contribution in [3.8, 4) is 0 Å².